The number of rotatable bonds is 6. The summed E-state index contributed by atoms with van der Waals surface area (Å²) >= 11 is 1.48. The third-order valence-corrected chi connectivity index (χ3v) is 4.56. The number of carbonyl (C=O) groups excluding carboxylic acids is 2. The minimum atomic E-state index is -0.371. The molecule has 0 aliphatic carbocycles. The van der Waals surface area contributed by atoms with Crippen LogP contribution in [0.4, 0.5) is 9.80 Å². The van der Waals surface area contributed by atoms with Crippen LogP contribution in [0.3, 0.4) is 0 Å². The molecule has 0 radical (unpaired) electrons. The first-order chi connectivity index (χ1) is 11.7. The Morgan fingerprint density at radius 1 is 1.42 bits per heavy atom. The van der Waals surface area contributed by atoms with Crippen LogP contribution in [0.15, 0.2) is 41.8 Å². The van der Waals surface area contributed by atoms with Gasteiger partial charge in [-0.1, -0.05) is 12.1 Å². The summed E-state index contributed by atoms with van der Waals surface area (Å²) in [6, 6.07) is 11.1. The Morgan fingerprint density at radius 3 is 3.04 bits per heavy atom. The molecule has 1 aromatic heterocycles. The van der Waals surface area contributed by atoms with Crippen LogP contribution < -0.4 is 15.0 Å². The fourth-order valence-corrected chi connectivity index (χ4v) is 3.22. The highest BCUT2D eigenvalue weighted by molar-refractivity contribution is 7.14. The Kier molecular flexibility index (Phi) is 5.00. The maximum atomic E-state index is 12.1. The van der Waals surface area contributed by atoms with Gasteiger partial charge in [-0.05, 0) is 35.2 Å². The number of cyclic esters (lactones) is 1. The van der Waals surface area contributed by atoms with Crippen molar-refractivity contribution in [1.29, 1.82) is 0 Å². The molecule has 0 saturated carbocycles. The fourth-order valence-electron chi connectivity index (χ4n) is 2.49. The van der Waals surface area contributed by atoms with E-state index in [4.69, 9.17) is 9.47 Å². The van der Waals surface area contributed by atoms with E-state index in [1.165, 1.54) is 11.3 Å². The van der Waals surface area contributed by atoms with Crippen LogP contribution in [0.5, 0.6) is 5.75 Å². The van der Waals surface area contributed by atoms with Gasteiger partial charge in [-0.3, -0.25) is 9.69 Å². The number of hydrogen-bond donors (Lipinski definition) is 1. The summed E-state index contributed by atoms with van der Waals surface area (Å²) in [4.78, 5) is 25.5. The molecule has 2 aromatic rings. The second-order valence-corrected chi connectivity index (χ2v) is 6.33. The average Bonchev–Trinajstić information content (AvgIpc) is 3.22. The van der Waals surface area contributed by atoms with Crippen LogP contribution in [0, 0.1) is 0 Å². The van der Waals surface area contributed by atoms with E-state index in [-0.39, 0.29) is 24.5 Å². The lowest BCUT2D eigenvalue weighted by molar-refractivity contribution is -0.120. The lowest BCUT2D eigenvalue weighted by Crippen LogP contribution is -2.35. The van der Waals surface area contributed by atoms with Crippen molar-refractivity contribution in [3.63, 3.8) is 0 Å². The van der Waals surface area contributed by atoms with E-state index >= 15 is 0 Å². The molecule has 7 heteroatoms. The first-order valence-corrected chi connectivity index (χ1v) is 8.45. The predicted octanol–water partition coefficient (Wildman–Crippen LogP) is 2.44. The molecule has 126 valence electrons. The maximum Gasteiger partial charge on any atom is 0.415 e. The van der Waals surface area contributed by atoms with Gasteiger partial charge in [0.05, 0.1) is 26.6 Å². The van der Waals surface area contributed by atoms with E-state index in [1.54, 1.807) is 12.0 Å². The van der Waals surface area contributed by atoms with Crippen molar-refractivity contribution in [1.82, 2.24) is 5.32 Å². The highest BCUT2D eigenvalue weighted by Crippen LogP contribution is 2.26. The van der Waals surface area contributed by atoms with Crippen molar-refractivity contribution in [2.45, 2.75) is 12.5 Å². The highest BCUT2D eigenvalue weighted by atomic mass is 32.1. The summed E-state index contributed by atoms with van der Waals surface area (Å²) in [5.74, 6) is 0.602. The molecule has 6 nitrogen and oxygen atoms in total. The van der Waals surface area contributed by atoms with Crippen molar-refractivity contribution in [2.75, 3.05) is 25.1 Å². The van der Waals surface area contributed by atoms with Gasteiger partial charge < -0.3 is 14.8 Å². The molecule has 1 saturated heterocycles. The van der Waals surface area contributed by atoms with E-state index < -0.39 is 0 Å². The lowest BCUT2D eigenvalue weighted by atomic mass is 10.1. The molecule has 1 aromatic carbocycles. The Balaban J connectivity index is 1.49. The third-order valence-electron chi connectivity index (χ3n) is 3.67. The quantitative estimate of drug-likeness (QED) is 0.872. The molecule has 1 fully saturated rings. The lowest BCUT2D eigenvalue weighted by Gasteiger charge is -2.11. The summed E-state index contributed by atoms with van der Waals surface area (Å²) in [5.41, 5.74) is 0.871. The Morgan fingerprint density at radius 2 is 2.29 bits per heavy atom. The smallest absolute Gasteiger partial charge is 0.415 e. The molecule has 1 aliphatic rings. The number of anilines is 1. The zero-order valence-electron chi connectivity index (χ0n) is 13.2. The van der Waals surface area contributed by atoms with Crippen molar-refractivity contribution < 1.29 is 19.1 Å². The van der Waals surface area contributed by atoms with Crippen molar-refractivity contribution >= 4 is 28.3 Å². The Hall–Kier alpha value is -2.54. The first-order valence-electron chi connectivity index (χ1n) is 7.57. The number of benzene rings is 1. The molecule has 0 bridgehead atoms. The largest absolute Gasteiger partial charge is 0.497 e. The number of amides is 2. The van der Waals surface area contributed by atoms with Gasteiger partial charge in [-0.2, -0.15) is 0 Å². The van der Waals surface area contributed by atoms with E-state index in [2.05, 4.69) is 5.32 Å². The molecule has 24 heavy (non-hydrogen) atoms. The van der Waals surface area contributed by atoms with E-state index in [0.29, 0.717) is 13.1 Å². The number of methoxy groups -OCH3 is 1. The number of nitrogens with one attached hydrogen (secondary N) is 1. The number of nitrogens with zero attached hydrogens (tertiary/aromatic N) is 1. The average molecular weight is 346 g/mol. The first kappa shape index (κ1) is 16.3. The van der Waals surface area contributed by atoms with Gasteiger partial charge in [0.2, 0.25) is 5.91 Å². The topological polar surface area (TPSA) is 67.9 Å². The minimum absolute atomic E-state index is 0.117. The van der Waals surface area contributed by atoms with Gasteiger partial charge >= 0.3 is 6.09 Å². The molecule has 2 amide bonds. The Labute approximate surface area is 144 Å². The maximum absolute atomic E-state index is 12.1. The second kappa shape index (κ2) is 7.35. The number of thiophene rings is 1. The zero-order chi connectivity index (χ0) is 16.9. The summed E-state index contributed by atoms with van der Waals surface area (Å²) in [6.45, 7) is 0.745. The molecule has 2 heterocycles. The number of hydrogen-bond acceptors (Lipinski definition) is 5. The van der Waals surface area contributed by atoms with Crippen LogP contribution in [0.1, 0.15) is 5.56 Å². The second-order valence-electron chi connectivity index (χ2n) is 5.40. The van der Waals surface area contributed by atoms with E-state index in [1.807, 2.05) is 41.8 Å². The van der Waals surface area contributed by atoms with Crippen LogP contribution in [0.25, 0.3) is 0 Å². The highest BCUT2D eigenvalue weighted by Gasteiger charge is 2.32. The SMILES string of the molecule is COc1cccc(CC(=O)NCC2CN(c3cccs3)C(=O)O2)c1. The molecule has 1 unspecified atom stereocenters. The molecule has 1 aliphatic heterocycles. The van der Waals surface area contributed by atoms with Crippen molar-refractivity contribution in [2.24, 2.45) is 0 Å². The van der Waals surface area contributed by atoms with Crippen molar-refractivity contribution in [3.8, 4) is 5.75 Å². The molecule has 1 N–H and O–H groups in total. The number of carbonyl (C=O) groups is 2. The Bertz CT molecular complexity index is 717. The molecular formula is C17H18N2O4S. The standard InChI is InChI=1S/C17H18N2O4S/c1-22-13-5-2-4-12(8-13)9-15(20)18-10-14-11-19(17(21)23-14)16-6-3-7-24-16/h2-8,14H,9-11H2,1H3,(H,18,20). The molecule has 0 spiro atoms. The van der Waals surface area contributed by atoms with Gasteiger partial charge in [0, 0.05) is 0 Å². The van der Waals surface area contributed by atoms with Crippen LogP contribution in [-0.4, -0.2) is 38.3 Å². The van der Waals surface area contributed by atoms with Gasteiger partial charge in [0.25, 0.3) is 0 Å². The predicted molar refractivity (Wildman–Crippen MR) is 91.6 cm³/mol. The normalized spacial score (nSPS) is 16.8. The van der Waals surface area contributed by atoms with E-state index in [0.717, 1.165) is 16.3 Å². The summed E-state index contributed by atoms with van der Waals surface area (Å²) in [7, 11) is 1.59. The summed E-state index contributed by atoms with van der Waals surface area (Å²) < 4.78 is 10.4. The van der Waals surface area contributed by atoms with Gasteiger partial charge in [0.1, 0.15) is 16.9 Å². The molecule has 3 rings (SSSR count). The van der Waals surface area contributed by atoms with Gasteiger partial charge in [-0.25, -0.2) is 4.79 Å². The fraction of sp³-hybridized carbons (Fsp3) is 0.294. The summed E-state index contributed by atoms with van der Waals surface area (Å²) in [6.07, 6.45) is -0.453. The van der Waals surface area contributed by atoms with E-state index in [9.17, 15) is 9.59 Å². The van der Waals surface area contributed by atoms with Crippen LogP contribution in [-0.2, 0) is 16.0 Å². The third kappa shape index (κ3) is 3.86. The molecule has 1 atom stereocenters. The number of ether oxygens (including phenoxy) is 2. The summed E-state index contributed by atoms with van der Waals surface area (Å²) in [5, 5.41) is 5.58. The molecular weight excluding hydrogens is 328 g/mol. The van der Waals surface area contributed by atoms with Gasteiger partial charge in [-0.15, -0.1) is 11.3 Å². The van der Waals surface area contributed by atoms with Crippen molar-refractivity contribution in [3.05, 3.63) is 47.3 Å². The van der Waals surface area contributed by atoms with Gasteiger partial charge in [0.15, 0.2) is 0 Å². The monoisotopic (exact) mass is 346 g/mol. The van der Waals surface area contributed by atoms with Crippen LogP contribution >= 0.6 is 11.3 Å². The zero-order valence-corrected chi connectivity index (χ0v) is 14.0. The van der Waals surface area contributed by atoms with Crippen LogP contribution in [0.2, 0.25) is 0 Å². The minimum Gasteiger partial charge on any atom is -0.497 e.